The van der Waals surface area contributed by atoms with E-state index in [0.29, 0.717) is 11.5 Å². The minimum atomic E-state index is -0.210. The summed E-state index contributed by atoms with van der Waals surface area (Å²) in [5, 5.41) is 6.65. The molecule has 1 amide bonds. The standard InChI is InChI=1S/C11H12N4O/c1-8-3-5-12-10(7-8)14-11(16)9-4-6-13-15(9)2/h3-7H,1-2H3,(H,12,14,16). The first-order chi connectivity index (χ1) is 7.66. The number of carbonyl (C=O) groups excluding carboxylic acids is 1. The maximum atomic E-state index is 11.8. The molecule has 0 aliphatic carbocycles. The molecule has 82 valence electrons. The van der Waals surface area contributed by atoms with Gasteiger partial charge in [-0.15, -0.1) is 0 Å². The summed E-state index contributed by atoms with van der Waals surface area (Å²) in [6, 6.07) is 5.35. The van der Waals surface area contributed by atoms with E-state index >= 15 is 0 Å². The van der Waals surface area contributed by atoms with Gasteiger partial charge in [-0.25, -0.2) is 4.98 Å². The maximum Gasteiger partial charge on any atom is 0.275 e. The van der Waals surface area contributed by atoms with Crippen LogP contribution in [0, 0.1) is 6.92 Å². The lowest BCUT2D eigenvalue weighted by molar-refractivity contribution is 0.101. The molecule has 0 spiro atoms. The first-order valence-electron chi connectivity index (χ1n) is 4.89. The zero-order chi connectivity index (χ0) is 11.5. The Hall–Kier alpha value is -2.17. The number of nitrogens with one attached hydrogen (secondary N) is 1. The number of amides is 1. The zero-order valence-electron chi connectivity index (χ0n) is 9.14. The van der Waals surface area contributed by atoms with E-state index in [-0.39, 0.29) is 5.91 Å². The summed E-state index contributed by atoms with van der Waals surface area (Å²) in [6.45, 7) is 1.95. The molecule has 2 rings (SSSR count). The number of rotatable bonds is 2. The highest BCUT2D eigenvalue weighted by Crippen LogP contribution is 2.07. The first kappa shape index (κ1) is 10.4. The van der Waals surface area contributed by atoms with Crippen LogP contribution in [0.1, 0.15) is 16.1 Å². The van der Waals surface area contributed by atoms with Crippen LogP contribution in [-0.4, -0.2) is 20.7 Å². The van der Waals surface area contributed by atoms with Crippen molar-refractivity contribution in [2.45, 2.75) is 6.92 Å². The number of carbonyl (C=O) groups is 1. The lowest BCUT2D eigenvalue weighted by atomic mass is 10.3. The summed E-state index contributed by atoms with van der Waals surface area (Å²) >= 11 is 0. The molecule has 0 aromatic carbocycles. The molecule has 0 bridgehead atoms. The zero-order valence-corrected chi connectivity index (χ0v) is 9.14. The third kappa shape index (κ3) is 2.08. The fourth-order valence-corrected chi connectivity index (χ4v) is 1.38. The van der Waals surface area contributed by atoms with Crippen LogP contribution in [0.15, 0.2) is 30.6 Å². The van der Waals surface area contributed by atoms with Crippen LogP contribution >= 0.6 is 0 Å². The molecule has 2 aromatic rings. The highest BCUT2D eigenvalue weighted by atomic mass is 16.2. The average Bonchev–Trinajstić information content (AvgIpc) is 2.64. The third-order valence-corrected chi connectivity index (χ3v) is 2.21. The van der Waals surface area contributed by atoms with Crippen LogP contribution in [0.4, 0.5) is 5.82 Å². The number of hydrogen-bond donors (Lipinski definition) is 1. The van der Waals surface area contributed by atoms with Crippen LogP contribution in [0.5, 0.6) is 0 Å². The van der Waals surface area contributed by atoms with E-state index in [2.05, 4.69) is 15.4 Å². The summed E-state index contributed by atoms with van der Waals surface area (Å²) in [6.07, 6.45) is 3.24. The van der Waals surface area contributed by atoms with Crippen LogP contribution in [0.3, 0.4) is 0 Å². The molecule has 0 saturated heterocycles. The lowest BCUT2D eigenvalue weighted by Gasteiger charge is -2.04. The molecule has 16 heavy (non-hydrogen) atoms. The number of pyridine rings is 1. The summed E-state index contributed by atoms with van der Waals surface area (Å²) in [5.41, 5.74) is 1.55. The number of anilines is 1. The molecule has 0 atom stereocenters. The van der Waals surface area contributed by atoms with Crippen molar-refractivity contribution in [2.24, 2.45) is 7.05 Å². The van der Waals surface area contributed by atoms with E-state index < -0.39 is 0 Å². The van der Waals surface area contributed by atoms with Crippen molar-refractivity contribution < 1.29 is 4.79 Å². The normalized spacial score (nSPS) is 10.1. The molecule has 5 nitrogen and oxygen atoms in total. The van der Waals surface area contributed by atoms with E-state index in [4.69, 9.17) is 0 Å². The first-order valence-corrected chi connectivity index (χ1v) is 4.89. The van der Waals surface area contributed by atoms with Gasteiger partial charge in [0.05, 0.1) is 0 Å². The van der Waals surface area contributed by atoms with Gasteiger partial charge in [-0.2, -0.15) is 5.10 Å². The van der Waals surface area contributed by atoms with Crippen molar-refractivity contribution in [2.75, 3.05) is 5.32 Å². The number of aromatic nitrogens is 3. The Labute approximate surface area is 93.1 Å². The summed E-state index contributed by atoms with van der Waals surface area (Å²) in [4.78, 5) is 15.9. The van der Waals surface area contributed by atoms with Crippen molar-refractivity contribution in [3.05, 3.63) is 41.9 Å². The quantitative estimate of drug-likeness (QED) is 0.824. The van der Waals surface area contributed by atoms with Gasteiger partial charge in [0, 0.05) is 19.4 Å². The molecule has 2 aromatic heterocycles. The molecule has 1 N–H and O–H groups in total. The molecule has 0 radical (unpaired) electrons. The van der Waals surface area contributed by atoms with Crippen LogP contribution < -0.4 is 5.32 Å². The Balaban J connectivity index is 2.17. The third-order valence-electron chi connectivity index (χ3n) is 2.21. The second kappa shape index (κ2) is 4.14. The fourth-order valence-electron chi connectivity index (χ4n) is 1.38. The monoisotopic (exact) mass is 216 g/mol. The van der Waals surface area contributed by atoms with Crippen LogP contribution in [0.2, 0.25) is 0 Å². The van der Waals surface area contributed by atoms with E-state index in [0.717, 1.165) is 5.56 Å². The van der Waals surface area contributed by atoms with Gasteiger partial charge in [0.25, 0.3) is 5.91 Å². The van der Waals surface area contributed by atoms with Crippen molar-refractivity contribution in [3.63, 3.8) is 0 Å². The highest BCUT2D eigenvalue weighted by molar-refractivity contribution is 6.02. The van der Waals surface area contributed by atoms with Gasteiger partial charge >= 0.3 is 0 Å². The minimum Gasteiger partial charge on any atom is -0.305 e. The topological polar surface area (TPSA) is 59.8 Å². The van der Waals surface area contributed by atoms with Gasteiger partial charge in [-0.3, -0.25) is 9.48 Å². The van der Waals surface area contributed by atoms with E-state index in [1.54, 1.807) is 25.5 Å². The molecule has 5 heteroatoms. The molecule has 0 fully saturated rings. The van der Waals surface area contributed by atoms with Gasteiger partial charge in [0.1, 0.15) is 11.5 Å². The maximum absolute atomic E-state index is 11.8. The lowest BCUT2D eigenvalue weighted by Crippen LogP contribution is -2.16. The smallest absolute Gasteiger partial charge is 0.275 e. The highest BCUT2D eigenvalue weighted by Gasteiger charge is 2.10. The SMILES string of the molecule is Cc1ccnc(NC(=O)c2ccnn2C)c1. The Kier molecular flexibility index (Phi) is 2.68. The Morgan fingerprint density at radius 3 is 2.81 bits per heavy atom. The van der Waals surface area contributed by atoms with Gasteiger partial charge in [0.15, 0.2) is 0 Å². The second-order valence-electron chi connectivity index (χ2n) is 3.51. The molecule has 0 aliphatic heterocycles. The molecule has 0 saturated carbocycles. The number of aryl methyl sites for hydroxylation is 2. The molecular formula is C11H12N4O. The molecular weight excluding hydrogens is 204 g/mol. The second-order valence-corrected chi connectivity index (χ2v) is 3.51. The Morgan fingerprint density at radius 1 is 1.38 bits per heavy atom. The van der Waals surface area contributed by atoms with Crippen molar-refractivity contribution in [3.8, 4) is 0 Å². The van der Waals surface area contributed by atoms with Crippen molar-refractivity contribution in [1.29, 1.82) is 0 Å². The van der Waals surface area contributed by atoms with E-state index in [1.165, 1.54) is 4.68 Å². The number of nitrogens with zero attached hydrogens (tertiary/aromatic N) is 3. The molecule has 2 heterocycles. The van der Waals surface area contributed by atoms with Crippen LogP contribution in [-0.2, 0) is 7.05 Å². The Bertz CT molecular complexity index is 518. The van der Waals surface area contributed by atoms with Crippen molar-refractivity contribution >= 4 is 11.7 Å². The van der Waals surface area contributed by atoms with Gasteiger partial charge in [-0.05, 0) is 30.7 Å². The predicted octanol–water partition coefficient (Wildman–Crippen LogP) is 1.38. The van der Waals surface area contributed by atoms with E-state index in [1.807, 2.05) is 19.1 Å². The molecule has 0 unspecified atom stereocenters. The predicted molar refractivity (Wildman–Crippen MR) is 60.1 cm³/mol. The minimum absolute atomic E-state index is 0.210. The fraction of sp³-hybridized carbons (Fsp3) is 0.182. The van der Waals surface area contributed by atoms with E-state index in [9.17, 15) is 4.79 Å². The van der Waals surface area contributed by atoms with Gasteiger partial charge in [-0.1, -0.05) is 0 Å². The van der Waals surface area contributed by atoms with Crippen molar-refractivity contribution in [1.82, 2.24) is 14.8 Å². The van der Waals surface area contributed by atoms with Gasteiger partial charge in [0.2, 0.25) is 0 Å². The Morgan fingerprint density at radius 2 is 2.19 bits per heavy atom. The average molecular weight is 216 g/mol. The van der Waals surface area contributed by atoms with Crippen LogP contribution in [0.25, 0.3) is 0 Å². The van der Waals surface area contributed by atoms with Gasteiger partial charge < -0.3 is 5.32 Å². The summed E-state index contributed by atoms with van der Waals surface area (Å²) < 4.78 is 1.52. The molecule has 0 aliphatic rings. The summed E-state index contributed by atoms with van der Waals surface area (Å²) in [7, 11) is 1.72. The largest absolute Gasteiger partial charge is 0.305 e. The number of hydrogen-bond acceptors (Lipinski definition) is 3. The summed E-state index contributed by atoms with van der Waals surface area (Å²) in [5.74, 6) is 0.337.